The van der Waals surface area contributed by atoms with Gasteiger partial charge in [0.2, 0.25) is 0 Å². The Balaban J connectivity index is 1.66. The van der Waals surface area contributed by atoms with E-state index in [0.717, 1.165) is 4.57 Å². The summed E-state index contributed by atoms with van der Waals surface area (Å²) in [7, 11) is 4.51. The van der Waals surface area contributed by atoms with Crippen LogP contribution in [0, 0.1) is 0 Å². The van der Waals surface area contributed by atoms with E-state index in [9.17, 15) is 19.8 Å². The third-order valence-corrected chi connectivity index (χ3v) is 5.75. The SMILES string of the molecule is COc1ccccc1OCC(O)CN(CC(O)Cn1cnc2c1c(=O)n(C)c(=O)n2C)C(C)C. The molecule has 2 heterocycles. The van der Waals surface area contributed by atoms with E-state index in [1.54, 1.807) is 30.9 Å². The van der Waals surface area contributed by atoms with Crippen LogP contribution in [0.3, 0.4) is 0 Å². The topological polar surface area (TPSA) is 124 Å². The number of benzene rings is 1. The van der Waals surface area contributed by atoms with Gasteiger partial charge in [-0.05, 0) is 26.0 Å². The van der Waals surface area contributed by atoms with Gasteiger partial charge in [-0.25, -0.2) is 9.78 Å². The maximum Gasteiger partial charge on any atom is 0.332 e. The number of methoxy groups -OCH3 is 1. The van der Waals surface area contributed by atoms with Crippen LogP contribution in [-0.4, -0.2) is 78.9 Å². The molecule has 11 heteroatoms. The summed E-state index contributed by atoms with van der Waals surface area (Å²) in [5.74, 6) is 1.13. The summed E-state index contributed by atoms with van der Waals surface area (Å²) in [6, 6.07) is 7.26. The predicted molar refractivity (Wildman–Crippen MR) is 127 cm³/mol. The molecule has 0 aliphatic heterocycles. The van der Waals surface area contributed by atoms with Crippen LogP contribution in [0.15, 0.2) is 40.2 Å². The summed E-state index contributed by atoms with van der Waals surface area (Å²) in [6.07, 6.45) is -0.191. The lowest BCUT2D eigenvalue weighted by Gasteiger charge is -2.30. The van der Waals surface area contributed by atoms with Crippen molar-refractivity contribution in [3.8, 4) is 11.5 Å². The van der Waals surface area contributed by atoms with Crippen molar-refractivity contribution in [2.45, 2.75) is 38.6 Å². The molecule has 0 aliphatic carbocycles. The summed E-state index contributed by atoms with van der Waals surface area (Å²) in [6.45, 7) is 4.66. The van der Waals surface area contributed by atoms with Gasteiger partial charge in [-0.1, -0.05) is 12.1 Å². The van der Waals surface area contributed by atoms with Crippen molar-refractivity contribution in [1.82, 2.24) is 23.6 Å². The van der Waals surface area contributed by atoms with E-state index in [2.05, 4.69) is 4.98 Å². The molecule has 11 nitrogen and oxygen atoms in total. The first kappa shape index (κ1) is 25.5. The second-order valence-electron chi connectivity index (χ2n) is 8.59. The highest BCUT2D eigenvalue weighted by molar-refractivity contribution is 5.69. The largest absolute Gasteiger partial charge is 0.493 e. The molecule has 0 fully saturated rings. The number of para-hydroxylation sites is 2. The molecular formula is C23H33N5O6. The van der Waals surface area contributed by atoms with Crippen molar-refractivity contribution in [3.63, 3.8) is 0 Å². The fraction of sp³-hybridized carbons (Fsp3) is 0.522. The number of imidazole rings is 1. The van der Waals surface area contributed by atoms with Crippen LogP contribution in [-0.2, 0) is 20.6 Å². The molecule has 2 N–H and O–H groups in total. The lowest BCUT2D eigenvalue weighted by atomic mass is 10.2. The first-order valence-electron chi connectivity index (χ1n) is 11.1. The number of hydrogen-bond acceptors (Lipinski definition) is 8. The summed E-state index contributed by atoms with van der Waals surface area (Å²) >= 11 is 0. The van der Waals surface area contributed by atoms with E-state index < -0.39 is 23.5 Å². The predicted octanol–water partition coefficient (Wildman–Crippen LogP) is -0.0465. The highest BCUT2D eigenvalue weighted by Gasteiger charge is 2.21. The number of aromatic nitrogens is 4. The Morgan fingerprint density at radius 2 is 1.68 bits per heavy atom. The molecule has 1 aromatic carbocycles. The van der Waals surface area contributed by atoms with Crippen molar-refractivity contribution >= 4 is 11.2 Å². The molecule has 34 heavy (non-hydrogen) atoms. The highest BCUT2D eigenvalue weighted by atomic mass is 16.5. The maximum absolute atomic E-state index is 12.6. The summed E-state index contributed by atoms with van der Waals surface area (Å²) in [4.78, 5) is 30.9. The van der Waals surface area contributed by atoms with Crippen molar-refractivity contribution < 1.29 is 19.7 Å². The quantitative estimate of drug-likeness (QED) is 0.396. The van der Waals surface area contributed by atoms with E-state index in [1.165, 1.54) is 17.9 Å². The van der Waals surface area contributed by atoms with E-state index in [0.29, 0.717) is 11.5 Å². The number of fused-ring (bicyclic) bond motifs is 1. The van der Waals surface area contributed by atoms with E-state index in [1.807, 2.05) is 30.9 Å². The molecule has 186 valence electrons. The van der Waals surface area contributed by atoms with Crippen molar-refractivity contribution in [2.24, 2.45) is 14.1 Å². The number of aryl methyl sites for hydroxylation is 1. The van der Waals surface area contributed by atoms with Gasteiger partial charge >= 0.3 is 5.69 Å². The molecule has 2 unspecified atom stereocenters. The van der Waals surface area contributed by atoms with E-state index >= 15 is 0 Å². The second kappa shape index (κ2) is 10.9. The molecule has 0 radical (unpaired) electrons. The number of ether oxygens (including phenoxy) is 2. The molecule has 0 saturated carbocycles. The third kappa shape index (κ3) is 5.49. The number of nitrogens with zero attached hydrogens (tertiary/aromatic N) is 5. The van der Waals surface area contributed by atoms with Gasteiger partial charge in [0.05, 0.1) is 26.1 Å². The van der Waals surface area contributed by atoms with Crippen LogP contribution >= 0.6 is 0 Å². The van der Waals surface area contributed by atoms with Crippen LogP contribution in [0.2, 0.25) is 0 Å². The minimum atomic E-state index is -0.843. The van der Waals surface area contributed by atoms with Crippen molar-refractivity contribution in [2.75, 3.05) is 26.8 Å². The van der Waals surface area contributed by atoms with E-state index in [4.69, 9.17) is 9.47 Å². The van der Waals surface area contributed by atoms with E-state index in [-0.39, 0.29) is 43.4 Å². The second-order valence-corrected chi connectivity index (χ2v) is 8.59. The Hall–Kier alpha value is -3.15. The highest BCUT2D eigenvalue weighted by Crippen LogP contribution is 2.25. The summed E-state index contributed by atoms with van der Waals surface area (Å²) in [5.41, 5.74) is -0.402. The lowest BCUT2D eigenvalue weighted by molar-refractivity contribution is 0.0285. The first-order valence-corrected chi connectivity index (χ1v) is 11.1. The molecule has 0 bridgehead atoms. The zero-order valence-electron chi connectivity index (χ0n) is 20.2. The summed E-state index contributed by atoms with van der Waals surface area (Å²) in [5, 5.41) is 21.3. The summed E-state index contributed by atoms with van der Waals surface area (Å²) < 4.78 is 14.9. The van der Waals surface area contributed by atoms with Crippen molar-refractivity contribution in [1.29, 1.82) is 0 Å². The van der Waals surface area contributed by atoms with Crippen LogP contribution in [0.5, 0.6) is 11.5 Å². The first-order chi connectivity index (χ1) is 16.1. The smallest absolute Gasteiger partial charge is 0.332 e. The minimum Gasteiger partial charge on any atom is -0.493 e. The van der Waals surface area contributed by atoms with Gasteiger partial charge in [-0.3, -0.25) is 18.8 Å². The van der Waals surface area contributed by atoms with Crippen LogP contribution in [0.4, 0.5) is 0 Å². The Bertz CT molecular complexity index is 1230. The van der Waals surface area contributed by atoms with Gasteiger partial charge in [0, 0.05) is 33.2 Å². The Labute approximate surface area is 197 Å². The molecule has 2 aromatic heterocycles. The lowest BCUT2D eigenvalue weighted by Crippen LogP contribution is -2.44. The average molecular weight is 476 g/mol. The van der Waals surface area contributed by atoms with Gasteiger partial charge in [-0.15, -0.1) is 0 Å². The van der Waals surface area contributed by atoms with Gasteiger partial charge in [0.1, 0.15) is 12.7 Å². The normalized spacial score (nSPS) is 13.6. The Morgan fingerprint density at radius 1 is 1.03 bits per heavy atom. The number of hydrogen-bond donors (Lipinski definition) is 2. The number of aliphatic hydroxyl groups excluding tert-OH is 2. The van der Waals surface area contributed by atoms with Crippen LogP contribution in [0.25, 0.3) is 11.2 Å². The zero-order chi connectivity index (χ0) is 25.0. The third-order valence-electron chi connectivity index (χ3n) is 5.75. The molecule has 0 spiro atoms. The minimum absolute atomic E-state index is 0.0452. The fourth-order valence-corrected chi connectivity index (χ4v) is 3.83. The van der Waals surface area contributed by atoms with Gasteiger partial charge in [-0.2, -0.15) is 0 Å². The Kier molecular flexibility index (Phi) is 8.13. The molecule has 0 aliphatic rings. The monoisotopic (exact) mass is 475 g/mol. The van der Waals surface area contributed by atoms with Crippen LogP contribution in [0.1, 0.15) is 13.8 Å². The zero-order valence-corrected chi connectivity index (χ0v) is 20.2. The Morgan fingerprint density at radius 3 is 2.32 bits per heavy atom. The van der Waals surface area contributed by atoms with Gasteiger partial charge in [0.25, 0.3) is 5.56 Å². The van der Waals surface area contributed by atoms with Crippen LogP contribution < -0.4 is 20.7 Å². The van der Waals surface area contributed by atoms with Gasteiger partial charge < -0.3 is 24.3 Å². The molecule has 0 saturated heterocycles. The fourth-order valence-electron chi connectivity index (χ4n) is 3.83. The number of aliphatic hydroxyl groups is 2. The maximum atomic E-state index is 12.6. The molecule has 2 atom stereocenters. The molecule has 0 amide bonds. The standard InChI is InChI=1S/C23H33N5O6/c1-15(2)27(12-17(30)13-34-19-9-7-6-8-18(19)33-5)10-16(29)11-28-14-24-21-20(28)22(31)26(4)23(32)25(21)3/h6-9,14-17,29-30H,10-13H2,1-5H3. The number of rotatable bonds is 11. The molecule has 3 rings (SSSR count). The molecular weight excluding hydrogens is 442 g/mol. The average Bonchev–Trinajstić information content (AvgIpc) is 3.23. The van der Waals surface area contributed by atoms with Crippen molar-refractivity contribution in [3.05, 3.63) is 51.4 Å². The molecule has 3 aromatic rings. The van der Waals surface area contributed by atoms with Gasteiger partial charge in [0.15, 0.2) is 22.7 Å².